The maximum atomic E-state index is 11.8. The van der Waals surface area contributed by atoms with Crippen LogP contribution in [0.25, 0.3) is 0 Å². The fraction of sp³-hybridized carbons (Fsp3) is 0.278. The van der Waals surface area contributed by atoms with E-state index in [0.717, 1.165) is 5.56 Å². The minimum Gasteiger partial charge on any atom is -0.508 e. The zero-order valence-electron chi connectivity index (χ0n) is 13.3. The molecule has 5 nitrogen and oxygen atoms in total. The van der Waals surface area contributed by atoms with Crippen molar-refractivity contribution in [3.05, 3.63) is 59.1 Å². The zero-order valence-corrected chi connectivity index (χ0v) is 14.0. The van der Waals surface area contributed by atoms with Crippen molar-refractivity contribution in [3.63, 3.8) is 0 Å². The second-order valence-corrected chi connectivity index (χ2v) is 5.54. The third-order valence-corrected chi connectivity index (χ3v) is 3.35. The molecule has 2 aromatic rings. The first-order valence-electron chi connectivity index (χ1n) is 7.49. The molecule has 0 aliphatic carbocycles. The van der Waals surface area contributed by atoms with Crippen LogP contribution in [-0.2, 0) is 20.9 Å². The lowest BCUT2D eigenvalue weighted by Crippen LogP contribution is -2.27. The average Bonchev–Trinajstić information content (AvgIpc) is 2.56. The minimum absolute atomic E-state index is 0.134. The number of ether oxygens (including phenoxy) is 3. The Morgan fingerprint density at radius 1 is 1.17 bits per heavy atom. The van der Waals surface area contributed by atoms with Gasteiger partial charge in [0.2, 0.25) is 0 Å². The van der Waals surface area contributed by atoms with Crippen LogP contribution < -0.4 is 4.74 Å². The lowest BCUT2D eigenvalue weighted by molar-refractivity contribution is -0.152. The van der Waals surface area contributed by atoms with Crippen LogP contribution in [-0.4, -0.2) is 30.4 Å². The Balaban J connectivity index is 1.64. The number of halogens is 1. The molecule has 24 heavy (non-hydrogen) atoms. The van der Waals surface area contributed by atoms with Gasteiger partial charge >= 0.3 is 5.97 Å². The molecule has 0 bridgehead atoms. The van der Waals surface area contributed by atoms with E-state index in [1.54, 1.807) is 25.1 Å². The van der Waals surface area contributed by atoms with Crippen LogP contribution in [0.1, 0.15) is 12.5 Å². The van der Waals surface area contributed by atoms with Crippen molar-refractivity contribution in [2.24, 2.45) is 0 Å². The number of rotatable bonds is 8. The van der Waals surface area contributed by atoms with Crippen LogP contribution in [0.4, 0.5) is 0 Å². The number of hydrogen-bond acceptors (Lipinski definition) is 5. The van der Waals surface area contributed by atoms with Gasteiger partial charge < -0.3 is 19.3 Å². The first-order chi connectivity index (χ1) is 11.5. The molecule has 1 unspecified atom stereocenters. The van der Waals surface area contributed by atoms with E-state index < -0.39 is 12.1 Å². The summed E-state index contributed by atoms with van der Waals surface area (Å²) in [5.41, 5.74) is 0.956. The van der Waals surface area contributed by atoms with Gasteiger partial charge in [0.05, 0.1) is 13.2 Å². The lowest BCUT2D eigenvalue weighted by atomic mass is 10.2. The first kappa shape index (κ1) is 18.1. The SMILES string of the molecule is CC(Oc1ccc(O)cc1)C(=O)OCCOCc1cccc(Cl)c1. The number of phenols is 1. The third-order valence-electron chi connectivity index (χ3n) is 3.11. The normalized spacial score (nSPS) is 11.8. The van der Waals surface area contributed by atoms with Gasteiger partial charge in [-0.2, -0.15) is 0 Å². The summed E-state index contributed by atoms with van der Waals surface area (Å²) < 4.78 is 16.0. The molecule has 128 valence electrons. The molecule has 1 atom stereocenters. The quantitative estimate of drug-likeness (QED) is 0.582. The van der Waals surface area contributed by atoms with Crippen LogP contribution >= 0.6 is 11.6 Å². The predicted octanol–water partition coefficient (Wildman–Crippen LogP) is 3.57. The van der Waals surface area contributed by atoms with Gasteiger partial charge in [0.1, 0.15) is 18.1 Å². The molecule has 0 heterocycles. The van der Waals surface area contributed by atoms with Crippen molar-refractivity contribution in [2.75, 3.05) is 13.2 Å². The molecule has 0 aliphatic rings. The van der Waals surface area contributed by atoms with Crippen molar-refractivity contribution in [2.45, 2.75) is 19.6 Å². The molecule has 0 amide bonds. The molecular formula is C18H19ClO5. The lowest BCUT2D eigenvalue weighted by Gasteiger charge is -2.14. The molecule has 2 aromatic carbocycles. The van der Waals surface area contributed by atoms with E-state index in [-0.39, 0.29) is 19.0 Å². The molecule has 0 aromatic heterocycles. The molecule has 0 saturated carbocycles. The topological polar surface area (TPSA) is 65.0 Å². The van der Waals surface area contributed by atoms with Crippen molar-refractivity contribution >= 4 is 17.6 Å². The highest BCUT2D eigenvalue weighted by atomic mass is 35.5. The van der Waals surface area contributed by atoms with Crippen LogP contribution in [0.3, 0.4) is 0 Å². The Hall–Kier alpha value is -2.24. The molecule has 0 fully saturated rings. The summed E-state index contributed by atoms with van der Waals surface area (Å²) in [7, 11) is 0. The van der Waals surface area contributed by atoms with Crippen LogP contribution in [0.15, 0.2) is 48.5 Å². The van der Waals surface area contributed by atoms with Gasteiger partial charge in [-0.1, -0.05) is 23.7 Å². The van der Waals surface area contributed by atoms with E-state index in [1.807, 2.05) is 18.2 Å². The van der Waals surface area contributed by atoms with Crippen LogP contribution in [0.5, 0.6) is 11.5 Å². The summed E-state index contributed by atoms with van der Waals surface area (Å²) in [4.78, 5) is 11.8. The van der Waals surface area contributed by atoms with E-state index >= 15 is 0 Å². The number of esters is 1. The van der Waals surface area contributed by atoms with E-state index in [9.17, 15) is 9.90 Å². The number of benzene rings is 2. The monoisotopic (exact) mass is 350 g/mol. The Morgan fingerprint density at radius 3 is 2.62 bits per heavy atom. The number of carbonyl (C=O) groups excluding carboxylic acids is 1. The molecule has 0 spiro atoms. The fourth-order valence-electron chi connectivity index (χ4n) is 1.91. The highest BCUT2D eigenvalue weighted by Gasteiger charge is 2.16. The van der Waals surface area contributed by atoms with Gasteiger partial charge in [0.15, 0.2) is 6.10 Å². The van der Waals surface area contributed by atoms with Gasteiger partial charge in [-0.15, -0.1) is 0 Å². The van der Waals surface area contributed by atoms with E-state index in [0.29, 0.717) is 17.4 Å². The predicted molar refractivity (Wildman–Crippen MR) is 90.3 cm³/mol. The van der Waals surface area contributed by atoms with Crippen molar-refractivity contribution in [1.82, 2.24) is 0 Å². The molecular weight excluding hydrogens is 332 g/mol. The van der Waals surface area contributed by atoms with E-state index in [1.165, 1.54) is 12.1 Å². The fourth-order valence-corrected chi connectivity index (χ4v) is 2.13. The van der Waals surface area contributed by atoms with Crippen molar-refractivity contribution < 1.29 is 24.1 Å². The summed E-state index contributed by atoms with van der Waals surface area (Å²) in [6.07, 6.45) is -0.748. The number of hydrogen-bond donors (Lipinski definition) is 1. The summed E-state index contributed by atoms with van der Waals surface area (Å²) in [5, 5.41) is 9.85. The second-order valence-electron chi connectivity index (χ2n) is 5.10. The summed E-state index contributed by atoms with van der Waals surface area (Å²) in [6, 6.07) is 13.5. The minimum atomic E-state index is -0.748. The summed E-state index contributed by atoms with van der Waals surface area (Å²) in [6.45, 7) is 2.42. The maximum absolute atomic E-state index is 11.8. The summed E-state index contributed by atoms with van der Waals surface area (Å²) in [5.74, 6) is 0.137. The van der Waals surface area contributed by atoms with Gasteiger partial charge in [-0.25, -0.2) is 4.79 Å². The van der Waals surface area contributed by atoms with Gasteiger partial charge in [-0.3, -0.25) is 0 Å². The molecule has 2 rings (SSSR count). The Kier molecular flexibility index (Phi) is 6.90. The van der Waals surface area contributed by atoms with Gasteiger partial charge in [0, 0.05) is 5.02 Å². The Bertz CT molecular complexity index is 657. The number of aromatic hydroxyl groups is 1. The highest BCUT2D eigenvalue weighted by molar-refractivity contribution is 6.30. The van der Waals surface area contributed by atoms with Crippen LogP contribution in [0, 0.1) is 0 Å². The number of carbonyl (C=O) groups is 1. The average molecular weight is 351 g/mol. The largest absolute Gasteiger partial charge is 0.508 e. The van der Waals surface area contributed by atoms with Gasteiger partial charge in [0.25, 0.3) is 0 Å². The van der Waals surface area contributed by atoms with Crippen molar-refractivity contribution in [1.29, 1.82) is 0 Å². The molecule has 0 radical (unpaired) electrons. The maximum Gasteiger partial charge on any atom is 0.347 e. The summed E-state index contributed by atoms with van der Waals surface area (Å²) >= 11 is 5.88. The zero-order chi connectivity index (χ0) is 17.4. The molecule has 0 saturated heterocycles. The molecule has 6 heteroatoms. The van der Waals surface area contributed by atoms with Gasteiger partial charge in [-0.05, 0) is 48.9 Å². The van der Waals surface area contributed by atoms with Crippen molar-refractivity contribution in [3.8, 4) is 11.5 Å². The van der Waals surface area contributed by atoms with Crippen LogP contribution in [0.2, 0.25) is 5.02 Å². The molecule has 1 N–H and O–H groups in total. The Labute approximate surface area is 145 Å². The smallest absolute Gasteiger partial charge is 0.347 e. The second kappa shape index (κ2) is 9.15. The molecule has 0 aliphatic heterocycles. The van der Waals surface area contributed by atoms with E-state index in [4.69, 9.17) is 25.8 Å². The Morgan fingerprint density at radius 2 is 1.92 bits per heavy atom. The third kappa shape index (κ3) is 6.10. The van der Waals surface area contributed by atoms with E-state index in [2.05, 4.69) is 0 Å². The number of phenolic OH excluding ortho intramolecular Hbond substituents is 1. The first-order valence-corrected chi connectivity index (χ1v) is 7.87. The highest BCUT2D eigenvalue weighted by Crippen LogP contribution is 2.17. The standard InChI is InChI=1S/C18H19ClO5/c1-13(24-17-7-5-16(20)6-8-17)18(21)23-10-9-22-12-14-3-2-4-15(19)11-14/h2-8,11,13,20H,9-10,12H2,1H3.